The van der Waals surface area contributed by atoms with Gasteiger partial charge in [0, 0.05) is 6.42 Å². The van der Waals surface area contributed by atoms with Gasteiger partial charge in [0.25, 0.3) is 0 Å². The minimum Gasteiger partial charge on any atom is -0.490 e. The Balaban J connectivity index is 1.86. The largest absolute Gasteiger partial charge is 0.490 e. The molecule has 0 unspecified atom stereocenters. The molecule has 0 fully saturated rings. The summed E-state index contributed by atoms with van der Waals surface area (Å²) in [6.07, 6.45) is 2.66. The summed E-state index contributed by atoms with van der Waals surface area (Å²) in [5.41, 5.74) is 0.897. The number of cyclic esters (lactones) is 1. The summed E-state index contributed by atoms with van der Waals surface area (Å²) in [6.45, 7) is 4.17. The second-order valence-corrected chi connectivity index (χ2v) is 6.62. The zero-order chi connectivity index (χ0) is 19.2. The molecule has 1 aliphatic rings. The molecule has 0 amide bonds. The second-order valence-electron chi connectivity index (χ2n) is 5.68. The van der Waals surface area contributed by atoms with Gasteiger partial charge in [0.05, 0.1) is 11.5 Å². The summed E-state index contributed by atoms with van der Waals surface area (Å²) < 4.78 is 16.1. The average molecular weight is 385 g/mol. The van der Waals surface area contributed by atoms with Crippen LogP contribution in [-0.4, -0.2) is 24.4 Å². The third kappa shape index (κ3) is 4.62. The fraction of sp³-hybridized carbons (Fsp3) is 0.250. The molecule has 1 aliphatic heterocycles. The molecule has 2 heterocycles. The van der Waals surface area contributed by atoms with Crippen molar-refractivity contribution in [3.05, 3.63) is 51.8 Å². The lowest BCUT2D eigenvalue weighted by molar-refractivity contribution is -0.134. The molecular weight excluding hydrogens is 366 g/mol. The van der Waals surface area contributed by atoms with Gasteiger partial charge >= 0.3 is 11.9 Å². The van der Waals surface area contributed by atoms with E-state index in [0.29, 0.717) is 42.4 Å². The van der Waals surface area contributed by atoms with Crippen LogP contribution in [0.25, 0.3) is 6.08 Å². The molecule has 27 heavy (non-hydrogen) atoms. The van der Waals surface area contributed by atoms with Crippen molar-refractivity contribution >= 4 is 35.2 Å². The first-order valence-electron chi connectivity index (χ1n) is 8.64. The van der Waals surface area contributed by atoms with E-state index in [2.05, 4.69) is 4.99 Å². The second kappa shape index (κ2) is 8.64. The highest BCUT2D eigenvalue weighted by molar-refractivity contribution is 7.12. The Morgan fingerprint density at radius 1 is 1.26 bits per heavy atom. The van der Waals surface area contributed by atoms with Crippen molar-refractivity contribution < 1.29 is 23.8 Å². The Bertz CT molecular complexity index is 899. The minimum atomic E-state index is -0.505. The fourth-order valence-electron chi connectivity index (χ4n) is 2.42. The van der Waals surface area contributed by atoms with E-state index in [0.717, 1.165) is 4.88 Å². The number of hydrogen-bond donors (Lipinski definition) is 0. The van der Waals surface area contributed by atoms with E-state index >= 15 is 0 Å². The molecule has 0 spiro atoms. The highest BCUT2D eigenvalue weighted by Gasteiger charge is 2.24. The predicted octanol–water partition coefficient (Wildman–Crippen LogP) is 4.20. The maximum Gasteiger partial charge on any atom is 0.363 e. The van der Waals surface area contributed by atoms with Crippen LogP contribution in [0, 0.1) is 0 Å². The average Bonchev–Trinajstić information content (AvgIpc) is 3.28. The number of benzene rings is 1. The maximum atomic E-state index is 12.1. The quantitative estimate of drug-likeness (QED) is 0.406. The number of hydrogen-bond acceptors (Lipinski definition) is 7. The third-order valence-electron chi connectivity index (χ3n) is 3.60. The van der Waals surface area contributed by atoms with Crippen LogP contribution in [0.5, 0.6) is 11.5 Å². The lowest BCUT2D eigenvalue weighted by atomic mass is 10.1. The van der Waals surface area contributed by atoms with E-state index in [-0.39, 0.29) is 11.7 Å². The van der Waals surface area contributed by atoms with Crippen molar-refractivity contribution in [3.63, 3.8) is 0 Å². The van der Waals surface area contributed by atoms with Crippen molar-refractivity contribution in [2.24, 2.45) is 4.99 Å². The molecule has 2 aromatic rings. The monoisotopic (exact) mass is 385 g/mol. The molecule has 0 saturated carbocycles. The summed E-state index contributed by atoms with van der Waals surface area (Å²) in [7, 11) is 0. The number of esters is 2. The van der Waals surface area contributed by atoms with Crippen molar-refractivity contribution in [3.8, 4) is 11.5 Å². The molecule has 6 nitrogen and oxygen atoms in total. The highest BCUT2D eigenvalue weighted by Crippen LogP contribution is 2.30. The molecule has 1 aromatic heterocycles. The van der Waals surface area contributed by atoms with Gasteiger partial charge in [0.2, 0.25) is 5.90 Å². The summed E-state index contributed by atoms with van der Waals surface area (Å²) in [5, 5.41) is 1.89. The number of carbonyl (C=O) groups is 2. The van der Waals surface area contributed by atoms with Crippen LogP contribution in [-0.2, 0) is 14.3 Å². The van der Waals surface area contributed by atoms with E-state index in [1.807, 2.05) is 31.4 Å². The van der Waals surface area contributed by atoms with Crippen LogP contribution in [0.2, 0.25) is 0 Å². The summed E-state index contributed by atoms with van der Waals surface area (Å²) in [4.78, 5) is 28.9. The zero-order valence-corrected chi connectivity index (χ0v) is 15.9. The first-order valence-corrected chi connectivity index (χ1v) is 9.52. The maximum absolute atomic E-state index is 12.1. The van der Waals surface area contributed by atoms with Gasteiger partial charge in [-0.1, -0.05) is 19.1 Å². The van der Waals surface area contributed by atoms with Crippen LogP contribution < -0.4 is 9.47 Å². The normalized spacial score (nSPS) is 14.8. The predicted molar refractivity (Wildman–Crippen MR) is 103 cm³/mol. The Labute approximate surface area is 161 Å². The van der Waals surface area contributed by atoms with Crippen molar-refractivity contribution in [2.45, 2.75) is 26.7 Å². The van der Waals surface area contributed by atoms with E-state index < -0.39 is 5.97 Å². The molecule has 0 atom stereocenters. The molecular formula is C20H19NO5S. The lowest BCUT2D eigenvalue weighted by Gasteiger charge is -2.11. The Morgan fingerprint density at radius 2 is 2.11 bits per heavy atom. The van der Waals surface area contributed by atoms with E-state index in [9.17, 15) is 9.59 Å². The summed E-state index contributed by atoms with van der Waals surface area (Å²) >= 11 is 1.45. The standard InChI is InChI=1S/C20H19NO5S/c1-3-6-18(22)25-15-9-8-13(12-16(15)24-4-2)11-14-20(23)26-19(21-14)17-7-5-10-27-17/h5,7-12H,3-4,6H2,1-2H3/b14-11-. The van der Waals surface area contributed by atoms with Gasteiger partial charge in [-0.25, -0.2) is 9.79 Å². The van der Waals surface area contributed by atoms with E-state index in [1.165, 1.54) is 11.3 Å². The first-order chi connectivity index (χ1) is 13.1. The van der Waals surface area contributed by atoms with Crippen LogP contribution in [0.15, 0.2) is 46.4 Å². The third-order valence-corrected chi connectivity index (χ3v) is 4.46. The Kier molecular flexibility index (Phi) is 6.03. The van der Waals surface area contributed by atoms with Gasteiger partial charge in [-0.15, -0.1) is 11.3 Å². The lowest BCUT2D eigenvalue weighted by Crippen LogP contribution is -2.08. The van der Waals surface area contributed by atoms with E-state index in [1.54, 1.807) is 24.3 Å². The first kappa shape index (κ1) is 18.8. The number of carbonyl (C=O) groups excluding carboxylic acids is 2. The van der Waals surface area contributed by atoms with Crippen molar-refractivity contribution in [2.75, 3.05) is 6.61 Å². The van der Waals surface area contributed by atoms with Crippen LogP contribution >= 0.6 is 11.3 Å². The topological polar surface area (TPSA) is 74.2 Å². The SMILES string of the molecule is CCCC(=O)Oc1ccc(/C=C2\N=C(c3cccs3)OC2=O)cc1OCC. The number of thiophene rings is 1. The van der Waals surface area contributed by atoms with Crippen molar-refractivity contribution in [1.82, 2.24) is 0 Å². The zero-order valence-electron chi connectivity index (χ0n) is 15.1. The van der Waals surface area contributed by atoms with Crippen LogP contribution in [0.3, 0.4) is 0 Å². The minimum absolute atomic E-state index is 0.205. The molecule has 3 rings (SSSR count). The fourth-order valence-corrected chi connectivity index (χ4v) is 3.07. The van der Waals surface area contributed by atoms with Gasteiger partial charge in [-0.2, -0.15) is 0 Å². The highest BCUT2D eigenvalue weighted by atomic mass is 32.1. The molecule has 7 heteroatoms. The van der Waals surface area contributed by atoms with Gasteiger partial charge in [0.15, 0.2) is 17.2 Å². The van der Waals surface area contributed by atoms with E-state index in [4.69, 9.17) is 14.2 Å². The van der Waals surface area contributed by atoms with Gasteiger partial charge in [-0.3, -0.25) is 4.79 Å². The molecule has 140 valence electrons. The molecule has 0 aliphatic carbocycles. The molecule has 0 bridgehead atoms. The number of rotatable bonds is 7. The Hall–Kier alpha value is -2.93. The smallest absolute Gasteiger partial charge is 0.363 e. The number of ether oxygens (including phenoxy) is 3. The summed E-state index contributed by atoms with van der Waals surface area (Å²) in [6, 6.07) is 8.79. The Morgan fingerprint density at radius 3 is 2.81 bits per heavy atom. The molecule has 0 radical (unpaired) electrons. The van der Waals surface area contributed by atoms with Gasteiger partial charge in [-0.05, 0) is 48.6 Å². The molecule has 1 aromatic carbocycles. The van der Waals surface area contributed by atoms with Crippen molar-refractivity contribution in [1.29, 1.82) is 0 Å². The van der Waals surface area contributed by atoms with Gasteiger partial charge in [0.1, 0.15) is 0 Å². The molecule has 0 N–H and O–H groups in total. The number of aliphatic imine (C=N–C) groups is 1. The van der Waals surface area contributed by atoms with Crippen LogP contribution in [0.4, 0.5) is 0 Å². The summed E-state index contributed by atoms with van der Waals surface area (Å²) in [5.74, 6) is 0.277. The number of nitrogens with zero attached hydrogens (tertiary/aromatic N) is 1. The van der Waals surface area contributed by atoms with Gasteiger partial charge < -0.3 is 14.2 Å². The molecule has 0 saturated heterocycles. The van der Waals surface area contributed by atoms with Crippen LogP contribution in [0.1, 0.15) is 37.1 Å².